The molecule has 2 aliphatic heterocycles. The highest BCUT2D eigenvalue weighted by atomic mass is 32.2. The van der Waals surface area contributed by atoms with Gasteiger partial charge in [0.1, 0.15) is 18.7 Å². The number of fused-ring (bicyclic) bond motifs is 1. The van der Waals surface area contributed by atoms with Gasteiger partial charge in [-0.2, -0.15) is 4.31 Å². The number of carbonyl (C=O) groups excluding carboxylic acids is 3. The van der Waals surface area contributed by atoms with E-state index in [-0.39, 0.29) is 43.7 Å². The van der Waals surface area contributed by atoms with Gasteiger partial charge in [0.15, 0.2) is 11.5 Å². The fraction of sp³-hybridized carbons (Fsp3) is 0.475. The number of likely N-dealkylation sites (tertiary alicyclic amines) is 1. The van der Waals surface area contributed by atoms with Crippen LogP contribution in [0.5, 0.6) is 11.5 Å². The molecular formula is C40H52N4O9S. The maximum atomic E-state index is 14.2. The van der Waals surface area contributed by atoms with E-state index in [0.29, 0.717) is 30.9 Å². The lowest BCUT2D eigenvalue weighted by Crippen LogP contribution is -2.60. The van der Waals surface area contributed by atoms with E-state index in [1.165, 1.54) is 27.4 Å². The molecule has 1 saturated heterocycles. The van der Waals surface area contributed by atoms with Gasteiger partial charge in [-0.25, -0.2) is 13.2 Å². The monoisotopic (exact) mass is 764 g/mol. The van der Waals surface area contributed by atoms with Gasteiger partial charge in [-0.15, -0.1) is 0 Å². The molecule has 3 N–H and O–H groups in total. The molecular weight excluding hydrogens is 713 g/mol. The minimum Gasteiger partial charge on any atom is -0.454 e. The number of sulfonamides is 1. The molecule has 0 saturated carbocycles. The van der Waals surface area contributed by atoms with Crippen LogP contribution in [0, 0.1) is 11.3 Å². The normalized spacial score (nSPS) is 17.3. The Bertz CT molecular complexity index is 1850. The molecule has 4 atom stereocenters. The molecule has 0 aliphatic carbocycles. The van der Waals surface area contributed by atoms with Gasteiger partial charge in [0, 0.05) is 25.7 Å². The first kappa shape index (κ1) is 40.5. The van der Waals surface area contributed by atoms with Crippen LogP contribution in [-0.2, 0) is 37.4 Å². The quantitative estimate of drug-likeness (QED) is 0.203. The minimum absolute atomic E-state index is 0.00958. The number of benzene rings is 3. The van der Waals surface area contributed by atoms with Crippen molar-refractivity contribution in [3.63, 3.8) is 0 Å². The topological polar surface area (TPSA) is 164 Å². The van der Waals surface area contributed by atoms with Crippen LogP contribution in [0.3, 0.4) is 0 Å². The molecule has 3 aromatic carbocycles. The number of nitrogens with one attached hydrogen (secondary N) is 2. The maximum Gasteiger partial charge on any atom is 0.410 e. The fourth-order valence-corrected chi connectivity index (χ4v) is 8.23. The van der Waals surface area contributed by atoms with Gasteiger partial charge in [0.2, 0.25) is 28.6 Å². The van der Waals surface area contributed by atoms with E-state index >= 15 is 0 Å². The van der Waals surface area contributed by atoms with Crippen LogP contribution in [0.2, 0.25) is 0 Å². The molecule has 0 spiro atoms. The molecule has 13 nitrogen and oxygen atoms in total. The van der Waals surface area contributed by atoms with Gasteiger partial charge in [-0.1, -0.05) is 95.3 Å². The highest BCUT2D eigenvalue weighted by molar-refractivity contribution is 7.89. The molecule has 0 aromatic heterocycles. The highest BCUT2D eigenvalue weighted by Gasteiger charge is 2.41. The van der Waals surface area contributed by atoms with Gasteiger partial charge < -0.3 is 30.0 Å². The van der Waals surface area contributed by atoms with Crippen LogP contribution in [0.4, 0.5) is 4.79 Å². The Kier molecular flexibility index (Phi) is 13.2. The second-order valence-electron chi connectivity index (χ2n) is 15.3. The summed E-state index contributed by atoms with van der Waals surface area (Å²) in [5, 5.41) is 17.7. The van der Waals surface area contributed by atoms with Crippen molar-refractivity contribution >= 4 is 27.9 Å². The van der Waals surface area contributed by atoms with E-state index in [1.807, 2.05) is 95.3 Å². The first-order valence-electron chi connectivity index (χ1n) is 18.3. The van der Waals surface area contributed by atoms with E-state index in [1.54, 1.807) is 0 Å². The number of aliphatic hydroxyl groups is 1. The van der Waals surface area contributed by atoms with Gasteiger partial charge in [-0.05, 0) is 53.9 Å². The molecule has 1 unspecified atom stereocenters. The minimum atomic E-state index is -4.12. The van der Waals surface area contributed by atoms with E-state index < -0.39 is 57.6 Å². The van der Waals surface area contributed by atoms with Crippen molar-refractivity contribution < 1.29 is 42.1 Å². The average molecular weight is 765 g/mol. The molecule has 3 aromatic rings. The summed E-state index contributed by atoms with van der Waals surface area (Å²) < 4.78 is 45.6. The van der Waals surface area contributed by atoms with Gasteiger partial charge in [0.05, 0.1) is 17.0 Å². The Balaban J connectivity index is 1.33. The zero-order valence-electron chi connectivity index (χ0n) is 31.6. The second-order valence-corrected chi connectivity index (χ2v) is 17.2. The third kappa shape index (κ3) is 10.3. The van der Waals surface area contributed by atoms with Crippen LogP contribution in [-0.4, -0.2) is 91.3 Å². The standard InChI is InChI=1S/C40H52N4O9S/c1-27(2)23-43(54(49,50)30-18-19-34-35(22-30)53-26-52-34)24-33(45)31(21-28-13-8-6-9-14-28)41-38(47)36(40(3,4)5)42-37(46)32-17-12-20-44(32)39(48)51-25-29-15-10-7-11-16-29/h6-11,13-16,18-19,22,27,31-33,36,45H,12,17,20-21,23-26H2,1-5H3,(H,41,47)(H,42,46)/t31-,32?,33+,36+/m0/s1. The molecule has 3 amide bonds. The number of rotatable bonds is 15. The highest BCUT2D eigenvalue weighted by Crippen LogP contribution is 2.35. The second kappa shape index (κ2) is 17.7. The molecule has 1 fully saturated rings. The molecule has 0 bridgehead atoms. The largest absolute Gasteiger partial charge is 0.454 e. The number of ether oxygens (including phenoxy) is 3. The Morgan fingerprint density at radius 3 is 2.22 bits per heavy atom. The molecule has 2 aliphatic rings. The third-order valence-corrected chi connectivity index (χ3v) is 11.3. The van der Waals surface area contributed by atoms with E-state index in [9.17, 15) is 27.9 Å². The van der Waals surface area contributed by atoms with Crippen LogP contribution < -0.4 is 20.1 Å². The lowest BCUT2D eigenvalue weighted by Gasteiger charge is -2.35. The molecule has 54 heavy (non-hydrogen) atoms. The van der Waals surface area contributed by atoms with Crippen LogP contribution >= 0.6 is 0 Å². The summed E-state index contributed by atoms with van der Waals surface area (Å²) >= 11 is 0. The van der Waals surface area contributed by atoms with Gasteiger partial charge in [-0.3, -0.25) is 14.5 Å². The Hall–Kier alpha value is -4.66. The zero-order valence-corrected chi connectivity index (χ0v) is 32.4. The van der Waals surface area contributed by atoms with Crippen molar-refractivity contribution in [2.75, 3.05) is 26.4 Å². The Morgan fingerprint density at radius 1 is 0.926 bits per heavy atom. The number of hydrogen-bond donors (Lipinski definition) is 3. The van der Waals surface area contributed by atoms with Crippen molar-refractivity contribution in [3.8, 4) is 11.5 Å². The zero-order chi connectivity index (χ0) is 39.0. The summed E-state index contributed by atoms with van der Waals surface area (Å²) in [6, 6.07) is 20.0. The molecule has 292 valence electrons. The van der Waals surface area contributed by atoms with Gasteiger partial charge in [0.25, 0.3) is 0 Å². The third-order valence-electron chi connectivity index (χ3n) is 9.44. The number of hydrogen-bond acceptors (Lipinski definition) is 9. The van der Waals surface area contributed by atoms with Crippen LogP contribution in [0.25, 0.3) is 0 Å². The predicted octanol–water partition coefficient (Wildman–Crippen LogP) is 4.48. The Morgan fingerprint density at radius 2 is 1.57 bits per heavy atom. The van der Waals surface area contributed by atoms with Crippen molar-refractivity contribution in [2.24, 2.45) is 11.3 Å². The summed E-state index contributed by atoms with van der Waals surface area (Å²) in [6.07, 6.45) is -0.775. The van der Waals surface area contributed by atoms with Crippen molar-refractivity contribution in [2.45, 2.75) is 89.6 Å². The summed E-state index contributed by atoms with van der Waals surface area (Å²) in [5.74, 6) is -0.373. The molecule has 2 heterocycles. The first-order chi connectivity index (χ1) is 25.6. The number of aliphatic hydroxyl groups excluding tert-OH is 1. The number of nitrogens with zero attached hydrogens (tertiary/aromatic N) is 2. The van der Waals surface area contributed by atoms with E-state index in [4.69, 9.17) is 14.2 Å². The van der Waals surface area contributed by atoms with E-state index in [0.717, 1.165) is 11.1 Å². The number of carbonyl (C=O) groups is 3. The van der Waals surface area contributed by atoms with Crippen LogP contribution in [0.15, 0.2) is 83.8 Å². The van der Waals surface area contributed by atoms with Crippen molar-refractivity contribution in [3.05, 3.63) is 90.0 Å². The summed E-state index contributed by atoms with van der Waals surface area (Å²) in [5.41, 5.74) is 0.842. The summed E-state index contributed by atoms with van der Waals surface area (Å²) in [7, 11) is -4.12. The molecule has 0 radical (unpaired) electrons. The van der Waals surface area contributed by atoms with Crippen LogP contribution in [0.1, 0.15) is 58.6 Å². The molecule has 5 rings (SSSR count). The van der Waals surface area contributed by atoms with Crippen molar-refractivity contribution in [1.82, 2.24) is 19.8 Å². The smallest absolute Gasteiger partial charge is 0.410 e. The summed E-state index contributed by atoms with van der Waals surface area (Å²) in [4.78, 5) is 42.4. The van der Waals surface area contributed by atoms with Crippen molar-refractivity contribution in [1.29, 1.82) is 0 Å². The lowest BCUT2D eigenvalue weighted by atomic mass is 9.85. The molecule has 14 heteroatoms. The fourth-order valence-electron chi connectivity index (χ4n) is 6.59. The SMILES string of the molecule is CC(C)CN(C[C@@H](O)[C@H](Cc1ccccc1)NC(=O)[C@@H](NC(=O)C1CCCN1C(=O)OCc1ccccc1)C(C)(C)C)S(=O)(=O)c1ccc2c(c1)OCO2. The first-order valence-corrected chi connectivity index (χ1v) is 19.8. The lowest BCUT2D eigenvalue weighted by molar-refractivity contribution is -0.134. The predicted molar refractivity (Wildman–Crippen MR) is 202 cm³/mol. The summed E-state index contributed by atoms with van der Waals surface area (Å²) in [6.45, 7) is 9.36. The Labute approximate surface area is 318 Å². The number of amides is 3. The van der Waals surface area contributed by atoms with Gasteiger partial charge >= 0.3 is 6.09 Å². The maximum absolute atomic E-state index is 14.2. The van der Waals surface area contributed by atoms with E-state index in [2.05, 4.69) is 10.6 Å². The average Bonchev–Trinajstić information content (AvgIpc) is 3.83.